The number of aromatic nitrogens is 4. The van der Waals surface area contributed by atoms with Crippen LogP contribution in [0, 0.1) is 0 Å². The van der Waals surface area contributed by atoms with Crippen LogP contribution in [0.15, 0.2) is 0 Å². The van der Waals surface area contributed by atoms with Gasteiger partial charge in [-0.05, 0) is 5.21 Å². The molecule has 1 heterocycles. The predicted octanol–water partition coefficient (Wildman–Crippen LogP) is 1.14. The third kappa shape index (κ3) is 2.29. The van der Waals surface area contributed by atoms with Crippen LogP contribution in [0.25, 0.3) is 0 Å². The van der Waals surface area contributed by atoms with Gasteiger partial charge >= 0.3 is 0 Å². The molecular weight excluding hydrogens is 140 g/mol. The second-order valence-electron chi connectivity index (χ2n) is 3.35. The molecule has 0 fully saturated rings. The largest absolute Gasteiger partial charge is 0.180 e. The molecule has 1 rings (SSSR count). The van der Waals surface area contributed by atoms with Gasteiger partial charge in [-0.2, -0.15) is 4.80 Å². The lowest BCUT2D eigenvalue weighted by atomic mass is 9.96. The van der Waals surface area contributed by atoms with Crippen LogP contribution in [-0.2, 0) is 12.5 Å². The van der Waals surface area contributed by atoms with Crippen molar-refractivity contribution in [2.24, 2.45) is 7.05 Å². The zero-order valence-electron chi connectivity index (χ0n) is 6.79. The summed E-state index contributed by atoms with van der Waals surface area (Å²) in [5, 5.41) is 11.7. The third-order valence-electron chi connectivity index (χ3n) is 1.18. The molecule has 0 aliphatic rings. The first-order valence-corrected chi connectivity index (χ1v) is 3.24. The first-order valence-electron chi connectivity index (χ1n) is 3.24. The Balaban J connectivity index is 0.000001000. The van der Waals surface area contributed by atoms with Crippen LogP contribution in [0.5, 0.6) is 0 Å². The molecule has 0 aliphatic heterocycles. The van der Waals surface area contributed by atoms with Gasteiger partial charge in [0.2, 0.25) is 0 Å². The van der Waals surface area contributed by atoms with E-state index < -0.39 is 0 Å². The quantitative estimate of drug-likeness (QED) is 0.566. The number of aryl methyl sites for hydroxylation is 1. The Labute approximate surface area is 67.6 Å². The van der Waals surface area contributed by atoms with Crippen LogP contribution >= 0.6 is 0 Å². The molecule has 0 N–H and O–H groups in total. The van der Waals surface area contributed by atoms with Gasteiger partial charge in [-0.3, -0.25) is 0 Å². The molecule has 1 aromatic rings. The summed E-state index contributed by atoms with van der Waals surface area (Å²) < 4.78 is 0. The van der Waals surface area contributed by atoms with Crippen LogP contribution in [0.3, 0.4) is 0 Å². The lowest BCUT2D eigenvalue weighted by molar-refractivity contribution is 0.538. The fourth-order valence-corrected chi connectivity index (χ4v) is 0.584. The average molecular weight is 156 g/mol. The van der Waals surface area contributed by atoms with Gasteiger partial charge in [-0.1, -0.05) is 28.2 Å². The summed E-state index contributed by atoms with van der Waals surface area (Å²) >= 11 is 0. The van der Waals surface area contributed by atoms with E-state index in [0.29, 0.717) is 0 Å². The maximum Gasteiger partial charge on any atom is 0.180 e. The fraction of sp³-hybridized carbons (Fsp3) is 0.857. The number of nitrogens with zero attached hydrogens (tertiary/aromatic N) is 4. The van der Waals surface area contributed by atoms with Crippen molar-refractivity contribution in [2.75, 3.05) is 0 Å². The molecular formula is C7H16N4. The molecule has 1 aromatic heterocycles. The van der Waals surface area contributed by atoms with E-state index in [0.717, 1.165) is 5.82 Å². The minimum Gasteiger partial charge on any atom is -0.167 e. The predicted molar refractivity (Wildman–Crippen MR) is 44.2 cm³/mol. The molecule has 0 aromatic carbocycles. The smallest absolute Gasteiger partial charge is 0.167 e. The van der Waals surface area contributed by atoms with Crippen molar-refractivity contribution >= 4 is 0 Å². The summed E-state index contributed by atoms with van der Waals surface area (Å²) in [6.45, 7) is 6.18. The summed E-state index contributed by atoms with van der Waals surface area (Å²) in [6, 6.07) is 0. The Bertz CT molecular complexity index is 221. The lowest BCUT2D eigenvalue weighted by Gasteiger charge is -2.10. The third-order valence-corrected chi connectivity index (χ3v) is 1.18. The Morgan fingerprint density at radius 2 is 1.82 bits per heavy atom. The monoisotopic (exact) mass is 156 g/mol. The number of hydrogen-bond donors (Lipinski definition) is 0. The fourth-order valence-electron chi connectivity index (χ4n) is 0.584. The molecule has 0 radical (unpaired) electrons. The van der Waals surface area contributed by atoms with E-state index in [1.807, 2.05) is 0 Å². The molecule has 4 nitrogen and oxygen atoms in total. The van der Waals surface area contributed by atoms with E-state index in [1.165, 1.54) is 4.80 Å². The van der Waals surface area contributed by atoms with Crippen molar-refractivity contribution in [3.63, 3.8) is 0 Å². The highest BCUT2D eigenvalue weighted by Gasteiger charge is 2.18. The highest BCUT2D eigenvalue weighted by atomic mass is 15.6. The highest BCUT2D eigenvalue weighted by molar-refractivity contribution is 4.95. The second kappa shape index (κ2) is 2.98. The molecule has 0 saturated carbocycles. The average Bonchev–Trinajstić information content (AvgIpc) is 2.11. The van der Waals surface area contributed by atoms with Crippen LogP contribution in [0.4, 0.5) is 0 Å². The summed E-state index contributed by atoms with van der Waals surface area (Å²) in [5.41, 5.74) is 0.00819. The minimum atomic E-state index is 0. The van der Waals surface area contributed by atoms with E-state index in [2.05, 4.69) is 36.2 Å². The molecule has 0 saturated heterocycles. The van der Waals surface area contributed by atoms with E-state index in [-0.39, 0.29) is 12.8 Å². The topological polar surface area (TPSA) is 43.6 Å². The van der Waals surface area contributed by atoms with Crippen molar-refractivity contribution < 1.29 is 0 Å². The van der Waals surface area contributed by atoms with Crippen LogP contribution < -0.4 is 0 Å². The maximum absolute atomic E-state index is 4.08. The van der Waals surface area contributed by atoms with Gasteiger partial charge in [-0.15, -0.1) is 10.2 Å². The van der Waals surface area contributed by atoms with Gasteiger partial charge in [0.1, 0.15) is 0 Å². The molecule has 0 amide bonds. The molecule has 0 atom stereocenters. The van der Waals surface area contributed by atoms with Crippen molar-refractivity contribution in [1.29, 1.82) is 0 Å². The maximum atomic E-state index is 4.08. The summed E-state index contributed by atoms with van der Waals surface area (Å²) in [6.07, 6.45) is 0. The SMILES string of the molecule is C.Cn1nnc(C(C)(C)C)n1. The highest BCUT2D eigenvalue weighted by Crippen LogP contribution is 2.15. The van der Waals surface area contributed by atoms with Crippen molar-refractivity contribution in [3.8, 4) is 0 Å². The number of tetrazole rings is 1. The molecule has 0 spiro atoms. The van der Waals surface area contributed by atoms with E-state index >= 15 is 0 Å². The Morgan fingerprint density at radius 1 is 1.27 bits per heavy atom. The van der Waals surface area contributed by atoms with Gasteiger partial charge in [0.15, 0.2) is 5.82 Å². The van der Waals surface area contributed by atoms with Gasteiger partial charge in [0.05, 0.1) is 7.05 Å². The van der Waals surface area contributed by atoms with Crippen LogP contribution in [0.1, 0.15) is 34.0 Å². The number of hydrogen-bond acceptors (Lipinski definition) is 3. The normalized spacial score (nSPS) is 10.9. The van der Waals surface area contributed by atoms with Gasteiger partial charge in [0, 0.05) is 5.41 Å². The minimum absolute atomic E-state index is 0. The first-order chi connectivity index (χ1) is 4.50. The Morgan fingerprint density at radius 3 is 2.00 bits per heavy atom. The molecule has 4 heteroatoms. The van der Waals surface area contributed by atoms with Crippen LogP contribution in [0.2, 0.25) is 0 Å². The summed E-state index contributed by atoms with van der Waals surface area (Å²) in [5.74, 6) is 0.787. The van der Waals surface area contributed by atoms with Crippen molar-refractivity contribution in [2.45, 2.75) is 33.6 Å². The van der Waals surface area contributed by atoms with Gasteiger partial charge in [0.25, 0.3) is 0 Å². The van der Waals surface area contributed by atoms with Crippen LogP contribution in [-0.4, -0.2) is 20.2 Å². The lowest BCUT2D eigenvalue weighted by Crippen LogP contribution is -2.13. The van der Waals surface area contributed by atoms with E-state index in [9.17, 15) is 0 Å². The molecule has 11 heavy (non-hydrogen) atoms. The van der Waals surface area contributed by atoms with E-state index in [1.54, 1.807) is 7.05 Å². The molecule has 0 unspecified atom stereocenters. The van der Waals surface area contributed by atoms with Gasteiger partial charge in [-0.25, -0.2) is 0 Å². The second-order valence-corrected chi connectivity index (χ2v) is 3.35. The molecule has 0 bridgehead atoms. The number of rotatable bonds is 0. The molecule has 0 aliphatic carbocycles. The Hall–Kier alpha value is -0.930. The van der Waals surface area contributed by atoms with Gasteiger partial charge < -0.3 is 0 Å². The van der Waals surface area contributed by atoms with Crippen molar-refractivity contribution in [1.82, 2.24) is 20.2 Å². The summed E-state index contributed by atoms with van der Waals surface area (Å²) in [7, 11) is 1.77. The van der Waals surface area contributed by atoms with Crippen molar-refractivity contribution in [3.05, 3.63) is 5.82 Å². The Kier molecular flexibility index (Phi) is 2.73. The first kappa shape index (κ1) is 10.1. The molecule has 64 valence electrons. The zero-order valence-corrected chi connectivity index (χ0v) is 6.79. The standard InChI is InChI=1S/C6H12N4.CH4/c1-6(2,3)5-7-9-10(4)8-5;/h1-4H3;1H4. The summed E-state index contributed by atoms with van der Waals surface area (Å²) in [4.78, 5) is 1.47. The zero-order chi connectivity index (χ0) is 7.78. The van der Waals surface area contributed by atoms with E-state index in [4.69, 9.17) is 0 Å².